The molecule has 2 unspecified atom stereocenters. The number of hydrogen-bond donors (Lipinski definition) is 3. The number of nitrogen functional groups attached to an aromatic ring is 1. The molecular formula is C11H16F3N5O. The lowest BCUT2D eigenvalue weighted by Crippen LogP contribution is -2.22. The van der Waals surface area contributed by atoms with Crippen LogP contribution in [0, 0.1) is 5.92 Å². The van der Waals surface area contributed by atoms with E-state index in [9.17, 15) is 13.2 Å². The van der Waals surface area contributed by atoms with Crippen molar-refractivity contribution in [3.63, 3.8) is 0 Å². The van der Waals surface area contributed by atoms with E-state index >= 15 is 0 Å². The van der Waals surface area contributed by atoms with Crippen LogP contribution in [0.4, 0.5) is 24.8 Å². The van der Waals surface area contributed by atoms with E-state index in [1.807, 2.05) is 6.92 Å². The molecule has 4 N–H and O–H groups in total. The predicted molar refractivity (Wildman–Crippen MR) is 66.9 cm³/mol. The lowest BCUT2D eigenvalue weighted by atomic mass is 10.0. The third-order valence-corrected chi connectivity index (χ3v) is 3.21. The predicted octanol–water partition coefficient (Wildman–Crippen LogP) is 1.62. The van der Waals surface area contributed by atoms with Crippen LogP contribution in [0.2, 0.25) is 0 Å². The normalized spacial score (nSPS) is 22.9. The summed E-state index contributed by atoms with van der Waals surface area (Å²) >= 11 is 0. The van der Waals surface area contributed by atoms with Crippen molar-refractivity contribution in [3.8, 4) is 0 Å². The van der Waals surface area contributed by atoms with Crippen LogP contribution in [0.1, 0.15) is 19.2 Å². The highest BCUT2D eigenvalue weighted by Gasteiger charge is 2.35. The fourth-order valence-corrected chi connectivity index (χ4v) is 2.02. The minimum atomic E-state index is -4.62. The Balaban J connectivity index is 2.10. The van der Waals surface area contributed by atoms with Gasteiger partial charge in [0.2, 0.25) is 5.82 Å². The summed E-state index contributed by atoms with van der Waals surface area (Å²) in [5.74, 6) is 4.12. The van der Waals surface area contributed by atoms with Gasteiger partial charge in [0.05, 0.1) is 6.10 Å². The van der Waals surface area contributed by atoms with Crippen LogP contribution in [0.25, 0.3) is 0 Å². The third kappa shape index (κ3) is 3.48. The molecule has 1 aromatic rings. The summed E-state index contributed by atoms with van der Waals surface area (Å²) in [7, 11) is 0. The average molecular weight is 291 g/mol. The van der Waals surface area contributed by atoms with Crippen molar-refractivity contribution in [1.29, 1.82) is 0 Å². The van der Waals surface area contributed by atoms with E-state index < -0.39 is 12.0 Å². The Morgan fingerprint density at radius 1 is 1.40 bits per heavy atom. The lowest BCUT2D eigenvalue weighted by Gasteiger charge is -2.16. The second kappa shape index (κ2) is 5.80. The number of nitrogens with zero attached hydrogens (tertiary/aromatic N) is 2. The fraction of sp³-hybridized carbons (Fsp3) is 0.636. The summed E-state index contributed by atoms with van der Waals surface area (Å²) in [5, 5.41) is 2.88. The Morgan fingerprint density at radius 2 is 2.10 bits per heavy atom. The van der Waals surface area contributed by atoms with Gasteiger partial charge in [0, 0.05) is 25.1 Å². The smallest absolute Gasteiger partial charge is 0.378 e. The molecule has 1 saturated heterocycles. The zero-order valence-electron chi connectivity index (χ0n) is 10.9. The zero-order chi connectivity index (χ0) is 14.8. The quantitative estimate of drug-likeness (QED) is 0.577. The summed E-state index contributed by atoms with van der Waals surface area (Å²) < 4.78 is 43.3. The molecule has 0 saturated carbocycles. The van der Waals surface area contributed by atoms with E-state index in [1.54, 1.807) is 0 Å². The maximum Gasteiger partial charge on any atom is 0.451 e. The highest BCUT2D eigenvalue weighted by Crippen LogP contribution is 2.28. The highest BCUT2D eigenvalue weighted by molar-refractivity contribution is 5.47. The molecular weight excluding hydrogens is 275 g/mol. The van der Waals surface area contributed by atoms with Crippen molar-refractivity contribution < 1.29 is 17.9 Å². The highest BCUT2D eigenvalue weighted by atomic mass is 19.4. The molecule has 0 aromatic carbocycles. The van der Waals surface area contributed by atoms with Crippen molar-refractivity contribution >= 4 is 11.6 Å². The maximum atomic E-state index is 12.6. The molecule has 1 aliphatic heterocycles. The van der Waals surface area contributed by atoms with Gasteiger partial charge in [0.1, 0.15) is 11.6 Å². The van der Waals surface area contributed by atoms with Crippen LogP contribution in [0.15, 0.2) is 6.07 Å². The van der Waals surface area contributed by atoms with E-state index in [4.69, 9.17) is 10.6 Å². The van der Waals surface area contributed by atoms with E-state index in [0.717, 1.165) is 6.42 Å². The van der Waals surface area contributed by atoms with Crippen molar-refractivity contribution in [2.75, 3.05) is 23.9 Å². The molecule has 6 nitrogen and oxygen atoms in total. The molecule has 1 aliphatic rings. The van der Waals surface area contributed by atoms with Gasteiger partial charge in [0.15, 0.2) is 0 Å². The number of aromatic nitrogens is 2. The molecule has 20 heavy (non-hydrogen) atoms. The molecule has 0 spiro atoms. The molecule has 9 heteroatoms. The van der Waals surface area contributed by atoms with Crippen LogP contribution < -0.4 is 16.6 Å². The Hall–Kier alpha value is -1.61. The van der Waals surface area contributed by atoms with E-state index in [0.29, 0.717) is 13.2 Å². The lowest BCUT2D eigenvalue weighted by molar-refractivity contribution is -0.144. The van der Waals surface area contributed by atoms with Crippen LogP contribution >= 0.6 is 0 Å². The fourth-order valence-electron chi connectivity index (χ4n) is 2.02. The van der Waals surface area contributed by atoms with Crippen LogP contribution in [-0.2, 0) is 10.9 Å². The standard InChI is InChI=1S/C11H16F3N5O/c1-6-7(2-3-20-6)5-16-8-4-9(19-15)18-10(17-8)11(12,13)14/h4,6-7H,2-3,5,15H2,1H3,(H2,16,17,18,19). The molecule has 112 valence electrons. The van der Waals surface area contributed by atoms with Gasteiger partial charge in [-0.05, 0) is 13.3 Å². The third-order valence-electron chi connectivity index (χ3n) is 3.21. The Labute approximate surface area is 113 Å². The number of hydrazine groups is 1. The summed E-state index contributed by atoms with van der Waals surface area (Å²) in [6.45, 7) is 3.09. The molecule has 0 aliphatic carbocycles. The van der Waals surface area contributed by atoms with Gasteiger partial charge >= 0.3 is 6.18 Å². The minimum absolute atomic E-state index is 0.0820. The Bertz CT molecular complexity index is 468. The second-order valence-corrected chi connectivity index (χ2v) is 4.61. The van der Waals surface area contributed by atoms with E-state index in [-0.39, 0.29) is 23.7 Å². The maximum absolute atomic E-state index is 12.6. The van der Waals surface area contributed by atoms with Crippen molar-refractivity contribution in [1.82, 2.24) is 9.97 Å². The SMILES string of the molecule is CC1OCCC1CNc1cc(NN)nc(C(F)(F)F)n1. The number of ether oxygens (including phenoxy) is 1. The van der Waals surface area contributed by atoms with Gasteiger partial charge in [-0.1, -0.05) is 0 Å². The van der Waals surface area contributed by atoms with Crippen molar-refractivity contribution in [3.05, 3.63) is 11.9 Å². The first kappa shape index (κ1) is 14.8. The number of halogens is 3. The average Bonchev–Trinajstić information content (AvgIpc) is 2.80. The summed E-state index contributed by atoms with van der Waals surface area (Å²) in [5.41, 5.74) is 2.10. The van der Waals surface area contributed by atoms with Crippen LogP contribution in [0.5, 0.6) is 0 Å². The first-order valence-corrected chi connectivity index (χ1v) is 6.18. The van der Waals surface area contributed by atoms with Gasteiger partial charge < -0.3 is 15.5 Å². The molecule has 2 rings (SSSR count). The first-order chi connectivity index (χ1) is 9.40. The van der Waals surface area contributed by atoms with Crippen molar-refractivity contribution in [2.45, 2.75) is 25.6 Å². The molecule has 2 heterocycles. The number of hydrogen-bond acceptors (Lipinski definition) is 6. The molecule has 0 amide bonds. The monoisotopic (exact) mass is 291 g/mol. The number of alkyl halides is 3. The van der Waals surface area contributed by atoms with Crippen molar-refractivity contribution in [2.24, 2.45) is 11.8 Å². The summed E-state index contributed by atoms with van der Waals surface area (Å²) in [6.07, 6.45) is -3.67. The topological polar surface area (TPSA) is 85.1 Å². The van der Waals surface area contributed by atoms with Crippen LogP contribution in [0.3, 0.4) is 0 Å². The Morgan fingerprint density at radius 3 is 2.65 bits per heavy atom. The number of nitrogens with two attached hydrogens (primary N) is 1. The first-order valence-electron chi connectivity index (χ1n) is 6.18. The summed E-state index contributed by atoms with van der Waals surface area (Å²) in [6, 6.07) is 1.33. The number of anilines is 2. The largest absolute Gasteiger partial charge is 0.451 e. The molecule has 1 fully saturated rings. The van der Waals surface area contributed by atoms with Gasteiger partial charge in [-0.25, -0.2) is 15.8 Å². The Kier molecular flexibility index (Phi) is 4.29. The van der Waals surface area contributed by atoms with E-state index in [1.165, 1.54) is 6.07 Å². The minimum Gasteiger partial charge on any atom is -0.378 e. The van der Waals surface area contributed by atoms with E-state index in [2.05, 4.69) is 20.7 Å². The molecule has 1 aromatic heterocycles. The summed E-state index contributed by atoms with van der Waals surface area (Å²) in [4.78, 5) is 6.74. The zero-order valence-corrected chi connectivity index (χ0v) is 10.9. The number of rotatable bonds is 4. The van der Waals surface area contributed by atoms with Crippen LogP contribution in [-0.4, -0.2) is 29.2 Å². The van der Waals surface area contributed by atoms with Gasteiger partial charge in [-0.3, -0.25) is 0 Å². The molecule has 0 bridgehead atoms. The number of nitrogens with one attached hydrogen (secondary N) is 2. The van der Waals surface area contributed by atoms with Gasteiger partial charge in [-0.15, -0.1) is 0 Å². The van der Waals surface area contributed by atoms with Gasteiger partial charge in [0.25, 0.3) is 0 Å². The second-order valence-electron chi connectivity index (χ2n) is 4.61. The molecule has 0 radical (unpaired) electrons. The molecule has 2 atom stereocenters. The van der Waals surface area contributed by atoms with Gasteiger partial charge in [-0.2, -0.15) is 13.2 Å².